The fraction of sp³-hybridized carbons (Fsp3) is 0.222. The molecule has 14 heavy (non-hydrogen) atoms. The molecule has 1 unspecified atom stereocenters. The lowest BCUT2D eigenvalue weighted by molar-refractivity contribution is -0.384. The van der Waals surface area contributed by atoms with Crippen molar-refractivity contribution in [3.63, 3.8) is 0 Å². The highest BCUT2D eigenvalue weighted by Gasteiger charge is 2.15. The van der Waals surface area contributed by atoms with Crippen molar-refractivity contribution in [1.82, 2.24) is 0 Å². The molecule has 0 aliphatic rings. The summed E-state index contributed by atoms with van der Waals surface area (Å²) in [7, 11) is 0. The number of nitrogens with zero attached hydrogens (tertiary/aromatic N) is 1. The second kappa shape index (κ2) is 4.19. The van der Waals surface area contributed by atoms with Gasteiger partial charge in [-0.05, 0) is 17.2 Å². The van der Waals surface area contributed by atoms with Crippen molar-refractivity contribution >= 4 is 22.5 Å². The van der Waals surface area contributed by atoms with E-state index in [1.54, 1.807) is 13.0 Å². The molecular weight excluding hydrogens is 206 g/mol. The van der Waals surface area contributed by atoms with Gasteiger partial charge in [-0.3, -0.25) is 14.9 Å². The molecule has 0 N–H and O–H groups in total. The summed E-state index contributed by atoms with van der Waals surface area (Å²) >= 11 is 5.29. The van der Waals surface area contributed by atoms with E-state index in [1.165, 1.54) is 18.2 Å². The van der Waals surface area contributed by atoms with Gasteiger partial charge in [0.1, 0.15) is 0 Å². The predicted octanol–water partition coefficient (Wildman–Crippen LogP) is 2.46. The minimum Gasteiger partial charge on any atom is -0.281 e. The van der Waals surface area contributed by atoms with Crippen LogP contribution in [0.4, 0.5) is 5.69 Å². The smallest absolute Gasteiger partial charge is 0.269 e. The van der Waals surface area contributed by atoms with Gasteiger partial charge >= 0.3 is 0 Å². The van der Waals surface area contributed by atoms with Gasteiger partial charge in [-0.1, -0.05) is 19.1 Å². The maximum atomic E-state index is 10.8. The number of carbonyl (C=O) groups is 1. The van der Waals surface area contributed by atoms with Crippen molar-refractivity contribution in [3.8, 4) is 0 Å². The maximum Gasteiger partial charge on any atom is 0.269 e. The Morgan fingerprint density at radius 3 is 2.71 bits per heavy atom. The molecule has 0 heterocycles. The first kappa shape index (κ1) is 10.7. The Balaban J connectivity index is 3.05. The van der Waals surface area contributed by atoms with Crippen LogP contribution in [-0.2, 0) is 4.79 Å². The third-order valence-electron chi connectivity index (χ3n) is 1.92. The van der Waals surface area contributed by atoms with Gasteiger partial charge in [-0.15, -0.1) is 0 Å². The first-order chi connectivity index (χ1) is 6.52. The van der Waals surface area contributed by atoms with Gasteiger partial charge < -0.3 is 0 Å². The largest absolute Gasteiger partial charge is 0.281 e. The Morgan fingerprint density at radius 2 is 2.21 bits per heavy atom. The summed E-state index contributed by atoms with van der Waals surface area (Å²) in [6.45, 7) is 1.61. The molecule has 1 aromatic carbocycles. The summed E-state index contributed by atoms with van der Waals surface area (Å²) in [6, 6.07) is 5.89. The molecule has 4 nitrogen and oxygen atoms in total. The monoisotopic (exact) mass is 213 g/mol. The number of benzene rings is 1. The third-order valence-corrected chi connectivity index (χ3v) is 2.25. The Kier molecular flexibility index (Phi) is 3.19. The van der Waals surface area contributed by atoms with E-state index >= 15 is 0 Å². The van der Waals surface area contributed by atoms with Crippen LogP contribution in [0.25, 0.3) is 0 Å². The molecule has 1 aromatic rings. The number of carbonyl (C=O) groups excluding carboxylic acids is 1. The summed E-state index contributed by atoms with van der Waals surface area (Å²) < 4.78 is 0. The summed E-state index contributed by atoms with van der Waals surface area (Å²) in [5.41, 5.74) is 0.520. The number of hydrogen-bond donors (Lipinski definition) is 0. The third kappa shape index (κ3) is 2.29. The van der Waals surface area contributed by atoms with Crippen molar-refractivity contribution in [3.05, 3.63) is 39.9 Å². The number of halogens is 1. The van der Waals surface area contributed by atoms with Gasteiger partial charge in [0, 0.05) is 12.1 Å². The van der Waals surface area contributed by atoms with Gasteiger partial charge in [0.2, 0.25) is 5.24 Å². The van der Waals surface area contributed by atoms with Crippen LogP contribution in [0.5, 0.6) is 0 Å². The Labute approximate surface area is 85.6 Å². The molecule has 0 saturated heterocycles. The summed E-state index contributed by atoms with van der Waals surface area (Å²) in [4.78, 5) is 20.7. The van der Waals surface area contributed by atoms with Gasteiger partial charge in [0.15, 0.2) is 0 Å². The van der Waals surface area contributed by atoms with E-state index in [1.807, 2.05) is 0 Å². The molecule has 74 valence electrons. The highest BCUT2D eigenvalue weighted by molar-refractivity contribution is 6.64. The molecule has 5 heteroatoms. The SMILES string of the molecule is CC(C(=O)Cl)c1cccc([N+](=O)[O-])c1. The topological polar surface area (TPSA) is 60.2 Å². The van der Waals surface area contributed by atoms with E-state index in [-0.39, 0.29) is 5.69 Å². The van der Waals surface area contributed by atoms with Crippen LogP contribution in [0.15, 0.2) is 24.3 Å². The van der Waals surface area contributed by atoms with Gasteiger partial charge in [-0.2, -0.15) is 0 Å². The maximum absolute atomic E-state index is 10.8. The van der Waals surface area contributed by atoms with E-state index in [9.17, 15) is 14.9 Å². The van der Waals surface area contributed by atoms with Crippen molar-refractivity contribution in [2.45, 2.75) is 12.8 Å². The average molecular weight is 214 g/mol. The van der Waals surface area contributed by atoms with Crippen molar-refractivity contribution in [1.29, 1.82) is 0 Å². The second-order valence-electron chi connectivity index (χ2n) is 2.88. The predicted molar refractivity (Wildman–Crippen MR) is 52.4 cm³/mol. The molecule has 0 amide bonds. The van der Waals surface area contributed by atoms with Gasteiger partial charge in [0.25, 0.3) is 5.69 Å². The van der Waals surface area contributed by atoms with Crippen molar-refractivity contribution in [2.24, 2.45) is 0 Å². The highest BCUT2D eigenvalue weighted by Crippen LogP contribution is 2.22. The zero-order valence-corrected chi connectivity index (χ0v) is 8.19. The first-order valence-electron chi connectivity index (χ1n) is 3.96. The van der Waals surface area contributed by atoms with E-state index in [0.717, 1.165) is 0 Å². The molecule has 0 spiro atoms. The van der Waals surface area contributed by atoms with Gasteiger partial charge in [0.05, 0.1) is 10.8 Å². The number of nitro groups is 1. The fourth-order valence-corrected chi connectivity index (χ4v) is 1.16. The zero-order chi connectivity index (χ0) is 10.7. The summed E-state index contributed by atoms with van der Waals surface area (Å²) in [6.07, 6.45) is 0. The van der Waals surface area contributed by atoms with Crippen LogP contribution in [-0.4, -0.2) is 10.2 Å². The quantitative estimate of drug-likeness (QED) is 0.440. The fourth-order valence-electron chi connectivity index (χ4n) is 1.04. The second-order valence-corrected chi connectivity index (χ2v) is 3.25. The van der Waals surface area contributed by atoms with Crippen LogP contribution >= 0.6 is 11.6 Å². The normalized spacial score (nSPS) is 12.1. The van der Waals surface area contributed by atoms with Crippen molar-refractivity contribution in [2.75, 3.05) is 0 Å². The standard InChI is InChI=1S/C9H8ClNO3/c1-6(9(10)12)7-3-2-4-8(5-7)11(13)14/h2-6H,1H3. The average Bonchev–Trinajstić information content (AvgIpc) is 2.16. The van der Waals surface area contributed by atoms with Crippen LogP contribution < -0.4 is 0 Å². The van der Waals surface area contributed by atoms with Gasteiger partial charge in [-0.25, -0.2) is 0 Å². The molecule has 0 bridgehead atoms. The first-order valence-corrected chi connectivity index (χ1v) is 4.34. The van der Waals surface area contributed by atoms with E-state index in [2.05, 4.69) is 0 Å². The molecule has 1 atom stereocenters. The lowest BCUT2D eigenvalue weighted by Gasteiger charge is -2.05. The van der Waals surface area contributed by atoms with E-state index in [0.29, 0.717) is 5.56 Å². The molecular formula is C9H8ClNO3. The highest BCUT2D eigenvalue weighted by atomic mass is 35.5. The minimum atomic E-state index is -0.523. The minimum absolute atomic E-state index is 0.0349. The lowest BCUT2D eigenvalue weighted by atomic mass is 10.0. The number of rotatable bonds is 3. The summed E-state index contributed by atoms with van der Waals surface area (Å²) in [5, 5.41) is 9.91. The van der Waals surface area contributed by atoms with E-state index in [4.69, 9.17) is 11.6 Å². The summed E-state index contributed by atoms with van der Waals surface area (Å²) in [5.74, 6) is -0.517. The Bertz CT molecular complexity index is 378. The molecule has 0 fully saturated rings. The molecule has 0 aliphatic carbocycles. The molecule has 0 radical (unpaired) electrons. The van der Waals surface area contributed by atoms with Crippen molar-refractivity contribution < 1.29 is 9.72 Å². The lowest BCUT2D eigenvalue weighted by Crippen LogP contribution is -2.02. The van der Waals surface area contributed by atoms with Crippen LogP contribution in [0, 0.1) is 10.1 Å². The Hall–Kier alpha value is -1.42. The number of non-ortho nitro benzene ring substituents is 1. The Morgan fingerprint density at radius 1 is 1.57 bits per heavy atom. The molecule has 0 saturated carbocycles. The number of nitro benzene ring substituents is 1. The number of hydrogen-bond acceptors (Lipinski definition) is 3. The van der Waals surface area contributed by atoms with Crippen LogP contribution in [0.3, 0.4) is 0 Å². The van der Waals surface area contributed by atoms with Crippen LogP contribution in [0.1, 0.15) is 18.4 Å². The van der Waals surface area contributed by atoms with E-state index < -0.39 is 16.1 Å². The van der Waals surface area contributed by atoms with Crippen LogP contribution in [0.2, 0.25) is 0 Å². The molecule has 0 aromatic heterocycles. The zero-order valence-electron chi connectivity index (χ0n) is 7.44. The molecule has 0 aliphatic heterocycles. The molecule has 1 rings (SSSR count).